The van der Waals surface area contributed by atoms with Crippen molar-refractivity contribution in [1.29, 1.82) is 0 Å². The highest BCUT2D eigenvalue weighted by atomic mass is 16.6. The number of benzene rings is 2. The molecule has 150 valence electrons. The summed E-state index contributed by atoms with van der Waals surface area (Å²) in [6.07, 6.45) is 3.14. The number of hydrogen-bond donors (Lipinski definition) is 0. The normalized spacial score (nSPS) is 18.4. The van der Waals surface area contributed by atoms with Crippen molar-refractivity contribution in [2.24, 2.45) is 11.8 Å². The molecule has 2 aromatic carbocycles. The van der Waals surface area contributed by atoms with Crippen LogP contribution in [-0.4, -0.2) is 25.3 Å². The summed E-state index contributed by atoms with van der Waals surface area (Å²) < 4.78 is 10.9. The highest BCUT2D eigenvalue weighted by Gasteiger charge is 2.39. The molecule has 0 heterocycles. The lowest BCUT2D eigenvalue weighted by Gasteiger charge is -2.27. The molecule has 2 aromatic rings. The Bertz CT molecular complexity index is 765. The molecule has 1 amide bonds. The monoisotopic (exact) mass is 381 g/mol. The first-order chi connectivity index (χ1) is 13.4. The van der Waals surface area contributed by atoms with Gasteiger partial charge in [-0.15, -0.1) is 0 Å². The second-order valence-corrected chi connectivity index (χ2v) is 8.57. The van der Waals surface area contributed by atoms with Gasteiger partial charge in [-0.3, -0.25) is 4.90 Å². The van der Waals surface area contributed by atoms with Gasteiger partial charge in [0.25, 0.3) is 0 Å². The van der Waals surface area contributed by atoms with Crippen LogP contribution in [0.2, 0.25) is 0 Å². The van der Waals surface area contributed by atoms with Crippen LogP contribution in [0.5, 0.6) is 5.75 Å². The molecule has 1 aliphatic rings. The van der Waals surface area contributed by atoms with Gasteiger partial charge < -0.3 is 9.47 Å². The molecule has 1 fully saturated rings. The van der Waals surface area contributed by atoms with Crippen LogP contribution in [-0.2, 0) is 11.2 Å². The van der Waals surface area contributed by atoms with Gasteiger partial charge in [-0.25, -0.2) is 4.79 Å². The number of nitrogens with zero attached hydrogens (tertiary/aromatic N) is 1. The number of hydrogen-bond acceptors (Lipinski definition) is 3. The maximum atomic E-state index is 12.8. The average Bonchev–Trinajstić information content (AvgIpc) is 3.42. The van der Waals surface area contributed by atoms with Gasteiger partial charge >= 0.3 is 6.09 Å². The second-order valence-electron chi connectivity index (χ2n) is 8.57. The number of anilines is 1. The van der Waals surface area contributed by atoms with Gasteiger partial charge in [-0.2, -0.15) is 0 Å². The average molecular weight is 382 g/mol. The van der Waals surface area contributed by atoms with Crippen LogP contribution in [0.1, 0.15) is 39.2 Å². The van der Waals surface area contributed by atoms with Crippen LogP contribution < -0.4 is 9.64 Å². The van der Waals surface area contributed by atoms with E-state index in [4.69, 9.17) is 9.47 Å². The molecule has 0 bridgehead atoms. The van der Waals surface area contributed by atoms with E-state index in [2.05, 4.69) is 30.3 Å². The van der Waals surface area contributed by atoms with E-state index >= 15 is 0 Å². The Labute approximate surface area is 168 Å². The van der Waals surface area contributed by atoms with Gasteiger partial charge in [0.1, 0.15) is 11.4 Å². The molecule has 3 rings (SSSR count). The zero-order valence-electron chi connectivity index (χ0n) is 17.4. The van der Waals surface area contributed by atoms with E-state index in [9.17, 15) is 4.79 Å². The first kappa shape index (κ1) is 20.2. The summed E-state index contributed by atoms with van der Waals surface area (Å²) in [5.41, 5.74) is 1.72. The van der Waals surface area contributed by atoms with Crippen LogP contribution in [0, 0.1) is 11.8 Å². The molecule has 4 heteroatoms. The molecular formula is C24H31NO3. The van der Waals surface area contributed by atoms with E-state index in [1.165, 1.54) is 18.4 Å². The van der Waals surface area contributed by atoms with Crippen LogP contribution in [0.4, 0.5) is 10.5 Å². The standard InChI is InChI=1S/C24H31NO3/c1-24(2,3)28-23(26)25(21-12-14-22(27-4)15-13-21)17-20-16-19(20)11-10-18-8-6-5-7-9-18/h5-9,12-15,19-20H,10-11,16-17H2,1-4H3/t19-,20+/m0/s1. The number of methoxy groups -OCH3 is 1. The smallest absolute Gasteiger partial charge is 0.414 e. The Balaban J connectivity index is 1.63. The number of ether oxygens (including phenoxy) is 2. The van der Waals surface area contributed by atoms with Gasteiger partial charge in [0, 0.05) is 12.2 Å². The lowest BCUT2D eigenvalue weighted by molar-refractivity contribution is 0.0578. The molecule has 0 saturated heterocycles. The zero-order chi connectivity index (χ0) is 20.1. The van der Waals surface area contributed by atoms with Crippen LogP contribution in [0.3, 0.4) is 0 Å². The van der Waals surface area contributed by atoms with Crippen molar-refractivity contribution in [2.75, 3.05) is 18.6 Å². The van der Waals surface area contributed by atoms with Gasteiger partial charge in [0.05, 0.1) is 7.11 Å². The predicted octanol–water partition coefficient (Wildman–Crippen LogP) is 5.71. The molecule has 4 nitrogen and oxygen atoms in total. The third kappa shape index (κ3) is 5.75. The topological polar surface area (TPSA) is 38.8 Å². The summed E-state index contributed by atoms with van der Waals surface area (Å²) in [5.74, 6) is 1.97. The molecular weight excluding hydrogens is 350 g/mol. The molecule has 0 aliphatic heterocycles. The summed E-state index contributed by atoms with van der Waals surface area (Å²) in [7, 11) is 1.64. The Morgan fingerprint density at radius 3 is 2.32 bits per heavy atom. The molecule has 28 heavy (non-hydrogen) atoms. The van der Waals surface area contributed by atoms with Crippen LogP contribution in [0.25, 0.3) is 0 Å². The SMILES string of the molecule is COc1ccc(N(C[C@H]2C[C@@H]2CCc2ccccc2)C(=O)OC(C)(C)C)cc1. The quantitative estimate of drug-likeness (QED) is 0.617. The minimum Gasteiger partial charge on any atom is -0.497 e. The number of aryl methyl sites for hydroxylation is 1. The van der Waals surface area contributed by atoms with Crippen molar-refractivity contribution in [3.8, 4) is 5.75 Å². The second kappa shape index (κ2) is 8.68. The van der Waals surface area contributed by atoms with Crippen molar-refractivity contribution >= 4 is 11.8 Å². The van der Waals surface area contributed by atoms with Gasteiger partial charge in [-0.05, 0) is 81.7 Å². The van der Waals surface area contributed by atoms with E-state index < -0.39 is 5.60 Å². The van der Waals surface area contributed by atoms with E-state index in [1.807, 2.05) is 45.0 Å². The number of rotatable bonds is 7. The molecule has 0 radical (unpaired) electrons. The summed E-state index contributed by atoms with van der Waals surface area (Å²) >= 11 is 0. The largest absolute Gasteiger partial charge is 0.497 e. The maximum absolute atomic E-state index is 12.8. The lowest BCUT2D eigenvalue weighted by atomic mass is 10.1. The van der Waals surface area contributed by atoms with Crippen molar-refractivity contribution in [2.45, 2.75) is 45.6 Å². The Kier molecular flexibility index (Phi) is 6.28. The zero-order valence-corrected chi connectivity index (χ0v) is 17.4. The highest BCUT2D eigenvalue weighted by molar-refractivity contribution is 5.88. The Morgan fingerprint density at radius 2 is 1.71 bits per heavy atom. The minimum absolute atomic E-state index is 0.286. The molecule has 0 unspecified atom stereocenters. The third-order valence-electron chi connectivity index (χ3n) is 5.13. The van der Waals surface area contributed by atoms with Crippen molar-refractivity contribution < 1.29 is 14.3 Å². The first-order valence-electron chi connectivity index (χ1n) is 10.0. The van der Waals surface area contributed by atoms with E-state index in [0.717, 1.165) is 17.9 Å². The Morgan fingerprint density at radius 1 is 1.04 bits per heavy atom. The summed E-state index contributed by atoms with van der Waals surface area (Å²) in [6, 6.07) is 18.2. The Hall–Kier alpha value is -2.49. The maximum Gasteiger partial charge on any atom is 0.414 e. The predicted molar refractivity (Wildman–Crippen MR) is 113 cm³/mol. The summed E-state index contributed by atoms with van der Waals surface area (Å²) in [6.45, 7) is 6.39. The van der Waals surface area contributed by atoms with E-state index in [1.54, 1.807) is 12.0 Å². The minimum atomic E-state index is -0.516. The number of carbonyl (C=O) groups is 1. The summed E-state index contributed by atoms with van der Waals surface area (Å²) in [4.78, 5) is 14.6. The number of amides is 1. The molecule has 0 aromatic heterocycles. The molecule has 0 N–H and O–H groups in total. The molecule has 2 atom stereocenters. The van der Waals surface area contributed by atoms with Crippen molar-refractivity contribution in [3.63, 3.8) is 0 Å². The van der Waals surface area contributed by atoms with Crippen LogP contribution in [0.15, 0.2) is 54.6 Å². The highest BCUT2D eigenvalue weighted by Crippen LogP contribution is 2.43. The van der Waals surface area contributed by atoms with Gasteiger partial charge in [0.2, 0.25) is 0 Å². The van der Waals surface area contributed by atoms with Crippen molar-refractivity contribution in [1.82, 2.24) is 0 Å². The fourth-order valence-electron chi connectivity index (χ4n) is 3.48. The summed E-state index contributed by atoms with van der Waals surface area (Å²) in [5, 5.41) is 0. The first-order valence-corrected chi connectivity index (χ1v) is 10.0. The molecule has 1 saturated carbocycles. The molecule has 0 spiro atoms. The van der Waals surface area contributed by atoms with Crippen LogP contribution >= 0.6 is 0 Å². The lowest BCUT2D eigenvalue weighted by Crippen LogP contribution is -2.38. The fourth-order valence-corrected chi connectivity index (χ4v) is 3.48. The number of carbonyl (C=O) groups excluding carboxylic acids is 1. The van der Waals surface area contributed by atoms with Crippen molar-refractivity contribution in [3.05, 3.63) is 60.2 Å². The van der Waals surface area contributed by atoms with E-state index in [-0.39, 0.29) is 6.09 Å². The third-order valence-corrected chi connectivity index (χ3v) is 5.13. The van der Waals surface area contributed by atoms with E-state index in [0.29, 0.717) is 18.4 Å². The van der Waals surface area contributed by atoms with Gasteiger partial charge in [0.15, 0.2) is 0 Å². The van der Waals surface area contributed by atoms with Gasteiger partial charge in [-0.1, -0.05) is 30.3 Å². The fraction of sp³-hybridized carbons (Fsp3) is 0.458. The molecule has 1 aliphatic carbocycles.